The van der Waals surface area contributed by atoms with Gasteiger partial charge in [-0.25, -0.2) is 14.5 Å². The summed E-state index contributed by atoms with van der Waals surface area (Å²) in [5, 5.41) is 13.7. The van der Waals surface area contributed by atoms with E-state index in [1.165, 1.54) is 17.3 Å². The minimum Gasteiger partial charge on any atom is -0.479 e. The summed E-state index contributed by atoms with van der Waals surface area (Å²) in [5.41, 5.74) is -0.917. The fourth-order valence-electron chi connectivity index (χ4n) is 3.39. The summed E-state index contributed by atoms with van der Waals surface area (Å²) >= 11 is 0. The van der Waals surface area contributed by atoms with Crippen molar-refractivity contribution in [3.8, 4) is 0 Å². The molecule has 1 N–H and O–H groups in total. The van der Waals surface area contributed by atoms with Crippen molar-refractivity contribution in [3.05, 3.63) is 12.7 Å². The van der Waals surface area contributed by atoms with E-state index in [4.69, 9.17) is 0 Å². The second kappa shape index (κ2) is 3.82. The largest absolute Gasteiger partial charge is 0.479 e. The lowest BCUT2D eigenvalue weighted by Gasteiger charge is -2.44. The van der Waals surface area contributed by atoms with Crippen LogP contribution in [-0.4, -0.2) is 25.8 Å². The molecule has 1 aromatic rings. The minimum atomic E-state index is -0.933. The fraction of sp³-hybridized carbons (Fsp3) is 0.750. The zero-order valence-corrected chi connectivity index (χ0v) is 10.6. The van der Waals surface area contributed by atoms with Crippen molar-refractivity contribution in [2.45, 2.75) is 45.6 Å². The fourth-order valence-corrected chi connectivity index (χ4v) is 3.39. The zero-order valence-electron chi connectivity index (χ0n) is 10.6. The van der Waals surface area contributed by atoms with Crippen LogP contribution in [-0.2, 0) is 10.3 Å². The van der Waals surface area contributed by atoms with Crippen molar-refractivity contribution < 1.29 is 9.90 Å². The Morgan fingerprint density at radius 2 is 2.18 bits per heavy atom. The minimum absolute atomic E-state index is 0.0159. The highest BCUT2D eigenvalue weighted by Crippen LogP contribution is 2.47. The highest BCUT2D eigenvalue weighted by molar-refractivity contribution is 5.76. The normalized spacial score (nSPS) is 32.3. The number of rotatable bonds is 2. The van der Waals surface area contributed by atoms with Crippen LogP contribution in [0.3, 0.4) is 0 Å². The Morgan fingerprint density at radius 3 is 2.65 bits per heavy atom. The molecule has 17 heavy (non-hydrogen) atoms. The first-order valence-corrected chi connectivity index (χ1v) is 5.94. The van der Waals surface area contributed by atoms with Crippen molar-refractivity contribution in [1.29, 1.82) is 0 Å². The van der Waals surface area contributed by atoms with E-state index in [1.807, 2.05) is 0 Å². The Kier molecular flexibility index (Phi) is 2.72. The van der Waals surface area contributed by atoms with E-state index in [2.05, 4.69) is 30.9 Å². The maximum absolute atomic E-state index is 11.7. The van der Waals surface area contributed by atoms with Gasteiger partial charge in [-0.05, 0) is 30.6 Å². The zero-order chi connectivity index (χ0) is 12.7. The molecule has 5 nitrogen and oxygen atoms in total. The van der Waals surface area contributed by atoms with Crippen LogP contribution in [0, 0.1) is 11.3 Å². The van der Waals surface area contributed by atoms with Gasteiger partial charge >= 0.3 is 5.97 Å². The molecule has 0 radical (unpaired) electrons. The van der Waals surface area contributed by atoms with Crippen LogP contribution < -0.4 is 0 Å². The van der Waals surface area contributed by atoms with Gasteiger partial charge in [-0.15, -0.1) is 0 Å². The van der Waals surface area contributed by atoms with Crippen LogP contribution in [0.1, 0.15) is 40.0 Å². The molecule has 1 aliphatic carbocycles. The molecule has 0 amide bonds. The molecule has 1 aromatic heterocycles. The van der Waals surface area contributed by atoms with E-state index in [1.54, 1.807) is 0 Å². The van der Waals surface area contributed by atoms with Gasteiger partial charge < -0.3 is 5.11 Å². The molecule has 1 heterocycles. The summed E-state index contributed by atoms with van der Waals surface area (Å²) in [7, 11) is 0. The summed E-state index contributed by atoms with van der Waals surface area (Å²) in [6.07, 6.45) is 5.19. The van der Waals surface area contributed by atoms with Crippen molar-refractivity contribution in [2.24, 2.45) is 11.3 Å². The van der Waals surface area contributed by atoms with Gasteiger partial charge in [0.1, 0.15) is 12.7 Å². The molecule has 5 heteroatoms. The maximum atomic E-state index is 11.7. The monoisotopic (exact) mass is 237 g/mol. The molecule has 1 saturated carbocycles. The van der Waals surface area contributed by atoms with E-state index in [0.717, 1.165) is 6.42 Å². The number of aliphatic carboxylic acids is 1. The third-order valence-electron chi connectivity index (χ3n) is 3.61. The molecule has 0 aliphatic heterocycles. The summed E-state index contributed by atoms with van der Waals surface area (Å²) in [5.74, 6) is -0.429. The first-order chi connectivity index (χ1) is 7.86. The van der Waals surface area contributed by atoms with E-state index in [-0.39, 0.29) is 5.41 Å². The molecule has 1 aliphatic rings. The predicted octanol–water partition coefficient (Wildman–Crippen LogP) is 1.90. The van der Waals surface area contributed by atoms with Crippen molar-refractivity contribution >= 4 is 5.97 Å². The number of carbonyl (C=O) groups is 1. The topological polar surface area (TPSA) is 68.0 Å². The lowest BCUT2D eigenvalue weighted by molar-refractivity contribution is -0.154. The summed E-state index contributed by atoms with van der Waals surface area (Å²) < 4.78 is 1.52. The molecular formula is C12H19N3O2. The molecular weight excluding hydrogens is 218 g/mol. The van der Waals surface area contributed by atoms with Crippen LogP contribution in [0.5, 0.6) is 0 Å². The number of hydrogen-bond donors (Lipinski definition) is 1. The van der Waals surface area contributed by atoms with Crippen molar-refractivity contribution in [3.63, 3.8) is 0 Å². The smallest absolute Gasteiger partial charge is 0.331 e. The number of hydrogen-bond acceptors (Lipinski definition) is 3. The van der Waals surface area contributed by atoms with Gasteiger partial charge in [0.25, 0.3) is 0 Å². The van der Waals surface area contributed by atoms with E-state index >= 15 is 0 Å². The first kappa shape index (κ1) is 12.1. The Morgan fingerprint density at radius 1 is 1.47 bits per heavy atom. The van der Waals surface area contributed by atoms with Crippen molar-refractivity contribution in [2.75, 3.05) is 0 Å². The molecule has 2 atom stereocenters. The number of aromatic nitrogens is 3. The summed E-state index contributed by atoms with van der Waals surface area (Å²) in [4.78, 5) is 15.6. The third kappa shape index (κ3) is 2.06. The van der Waals surface area contributed by atoms with Crippen LogP contribution in [0.25, 0.3) is 0 Å². The van der Waals surface area contributed by atoms with Gasteiger partial charge in [-0.2, -0.15) is 5.10 Å². The van der Waals surface area contributed by atoms with Gasteiger partial charge in [0.2, 0.25) is 0 Å². The SMILES string of the molecule is CC1CC(C)(C)CC(C(=O)O)(n2cncn2)C1. The molecule has 2 unspecified atom stereocenters. The maximum Gasteiger partial charge on any atom is 0.331 e. The molecule has 94 valence electrons. The molecule has 1 fully saturated rings. The summed E-state index contributed by atoms with van der Waals surface area (Å²) in [6.45, 7) is 6.35. The van der Waals surface area contributed by atoms with Crippen LogP contribution in [0.2, 0.25) is 0 Å². The third-order valence-corrected chi connectivity index (χ3v) is 3.61. The molecule has 0 aromatic carbocycles. The molecule has 2 rings (SSSR count). The summed E-state index contributed by atoms with van der Waals surface area (Å²) in [6, 6.07) is 0. The average Bonchev–Trinajstić information content (AvgIpc) is 2.66. The van der Waals surface area contributed by atoms with E-state index in [0.29, 0.717) is 18.8 Å². The van der Waals surface area contributed by atoms with Gasteiger partial charge in [0.05, 0.1) is 0 Å². The van der Waals surface area contributed by atoms with Crippen molar-refractivity contribution in [1.82, 2.24) is 14.8 Å². The lowest BCUT2D eigenvalue weighted by atomic mass is 9.64. The van der Waals surface area contributed by atoms with Gasteiger partial charge in [0.15, 0.2) is 5.54 Å². The van der Waals surface area contributed by atoms with Crippen LogP contribution in [0.4, 0.5) is 0 Å². The number of carboxylic acid groups (broad SMARTS) is 1. The second-order valence-electron chi connectivity index (χ2n) is 6.03. The Balaban J connectivity index is 2.45. The Labute approximate surface area is 101 Å². The Bertz CT molecular complexity index is 413. The highest BCUT2D eigenvalue weighted by atomic mass is 16.4. The predicted molar refractivity (Wildman–Crippen MR) is 62.4 cm³/mol. The quantitative estimate of drug-likeness (QED) is 0.853. The van der Waals surface area contributed by atoms with Crippen LogP contribution in [0.15, 0.2) is 12.7 Å². The standard InChI is InChI=1S/C12H19N3O2/c1-9-4-11(2,3)6-12(5-9,10(16)17)15-8-13-7-14-15/h7-9H,4-6H2,1-3H3,(H,16,17). The number of nitrogens with zero attached hydrogens (tertiary/aromatic N) is 3. The number of carboxylic acids is 1. The van der Waals surface area contributed by atoms with Gasteiger partial charge in [-0.1, -0.05) is 20.8 Å². The van der Waals surface area contributed by atoms with Gasteiger partial charge in [0, 0.05) is 0 Å². The first-order valence-electron chi connectivity index (χ1n) is 5.94. The second-order valence-corrected chi connectivity index (χ2v) is 6.03. The molecule has 0 spiro atoms. The average molecular weight is 237 g/mol. The highest BCUT2D eigenvalue weighted by Gasteiger charge is 2.50. The van der Waals surface area contributed by atoms with E-state index in [9.17, 15) is 9.90 Å². The molecule has 0 bridgehead atoms. The van der Waals surface area contributed by atoms with E-state index < -0.39 is 11.5 Å². The van der Waals surface area contributed by atoms with Gasteiger partial charge in [-0.3, -0.25) is 0 Å². The van der Waals surface area contributed by atoms with Crippen LogP contribution >= 0.6 is 0 Å². The Hall–Kier alpha value is -1.39. The lowest BCUT2D eigenvalue weighted by Crippen LogP contribution is -2.50. The molecule has 0 saturated heterocycles.